The number of likely N-dealkylation sites (tertiary alicyclic amines) is 1. The molecule has 0 radical (unpaired) electrons. The zero-order valence-corrected chi connectivity index (χ0v) is 20.2. The number of aromatic nitrogens is 1. The lowest BCUT2D eigenvalue weighted by Gasteiger charge is -2.30. The Bertz CT molecular complexity index is 1170. The molecule has 3 aromatic rings. The van der Waals surface area contributed by atoms with E-state index in [1.165, 1.54) is 30.5 Å². The number of rotatable bonds is 8. The number of anilines is 2. The van der Waals surface area contributed by atoms with Gasteiger partial charge in [-0.1, -0.05) is 37.3 Å². The van der Waals surface area contributed by atoms with Crippen LogP contribution in [0.25, 0.3) is 0 Å². The van der Waals surface area contributed by atoms with Crippen molar-refractivity contribution < 1.29 is 13.2 Å². The molecule has 9 heteroatoms. The molecule has 1 aliphatic heterocycles. The predicted octanol–water partition coefficient (Wildman–Crippen LogP) is 4.36. The average molecular weight is 485 g/mol. The second-order valence-corrected chi connectivity index (χ2v) is 11.0. The fourth-order valence-electron chi connectivity index (χ4n) is 3.75. The highest BCUT2D eigenvalue weighted by atomic mass is 32.2. The molecule has 33 heavy (non-hydrogen) atoms. The second-order valence-electron chi connectivity index (χ2n) is 8.44. The summed E-state index contributed by atoms with van der Waals surface area (Å²) >= 11 is 1.15. The number of nitrogens with zero attached hydrogens (tertiary/aromatic N) is 2. The van der Waals surface area contributed by atoms with Crippen molar-refractivity contribution in [2.75, 3.05) is 23.1 Å². The van der Waals surface area contributed by atoms with Gasteiger partial charge in [0.15, 0.2) is 5.13 Å². The SMILES string of the molecule is CC1CCN(Cc2ccc(NC(=O)Cc3csc(NS(=O)(=O)c4ccccc4)n3)cc2)CC1. The van der Waals surface area contributed by atoms with Crippen molar-refractivity contribution in [3.05, 3.63) is 71.2 Å². The van der Waals surface area contributed by atoms with E-state index in [1.54, 1.807) is 23.6 Å². The Labute approximate surface area is 198 Å². The number of carbonyl (C=O) groups is 1. The van der Waals surface area contributed by atoms with E-state index in [2.05, 4.69) is 26.8 Å². The molecule has 1 saturated heterocycles. The minimum atomic E-state index is -3.70. The summed E-state index contributed by atoms with van der Waals surface area (Å²) in [4.78, 5) is 19.3. The zero-order valence-electron chi connectivity index (χ0n) is 18.5. The van der Waals surface area contributed by atoms with E-state index < -0.39 is 10.0 Å². The Hall–Kier alpha value is -2.75. The lowest BCUT2D eigenvalue weighted by molar-refractivity contribution is -0.115. The number of thiazole rings is 1. The summed E-state index contributed by atoms with van der Waals surface area (Å²) in [5, 5.41) is 4.80. The first kappa shape index (κ1) is 23.4. The van der Waals surface area contributed by atoms with Crippen LogP contribution in [0, 0.1) is 5.92 Å². The smallest absolute Gasteiger partial charge is 0.263 e. The van der Waals surface area contributed by atoms with Gasteiger partial charge < -0.3 is 5.32 Å². The van der Waals surface area contributed by atoms with Crippen molar-refractivity contribution in [2.24, 2.45) is 5.92 Å². The van der Waals surface area contributed by atoms with E-state index in [4.69, 9.17) is 0 Å². The third-order valence-electron chi connectivity index (χ3n) is 5.69. The molecule has 2 N–H and O–H groups in total. The summed E-state index contributed by atoms with van der Waals surface area (Å²) < 4.78 is 27.3. The van der Waals surface area contributed by atoms with E-state index in [9.17, 15) is 13.2 Å². The maximum Gasteiger partial charge on any atom is 0.263 e. The maximum absolute atomic E-state index is 12.4. The van der Waals surface area contributed by atoms with E-state index in [0.29, 0.717) is 5.69 Å². The van der Waals surface area contributed by atoms with Crippen LogP contribution in [0.5, 0.6) is 0 Å². The number of piperidine rings is 1. The predicted molar refractivity (Wildman–Crippen MR) is 132 cm³/mol. The third kappa shape index (κ3) is 6.63. The minimum Gasteiger partial charge on any atom is -0.326 e. The van der Waals surface area contributed by atoms with Gasteiger partial charge in [0.05, 0.1) is 17.0 Å². The van der Waals surface area contributed by atoms with Crippen molar-refractivity contribution in [3.8, 4) is 0 Å². The first-order valence-electron chi connectivity index (χ1n) is 11.0. The van der Waals surface area contributed by atoms with Gasteiger partial charge in [-0.2, -0.15) is 0 Å². The van der Waals surface area contributed by atoms with Crippen LogP contribution >= 0.6 is 11.3 Å². The topological polar surface area (TPSA) is 91.4 Å². The number of amides is 1. The summed E-state index contributed by atoms with van der Waals surface area (Å²) in [5.74, 6) is 0.618. The Balaban J connectivity index is 1.28. The highest BCUT2D eigenvalue weighted by molar-refractivity contribution is 7.93. The molecular weight excluding hydrogens is 456 g/mol. The van der Waals surface area contributed by atoms with Crippen LogP contribution in [0.15, 0.2) is 64.9 Å². The van der Waals surface area contributed by atoms with Gasteiger partial charge in [-0.15, -0.1) is 11.3 Å². The summed E-state index contributed by atoms with van der Waals surface area (Å²) in [6.45, 7) is 5.51. The molecule has 0 unspecified atom stereocenters. The molecule has 1 aromatic heterocycles. The average Bonchev–Trinajstić information content (AvgIpc) is 3.23. The third-order valence-corrected chi connectivity index (χ3v) is 7.98. The van der Waals surface area contributed by atoms with Crippen LogP contribution in [-0.4, -0.2) is 37.3 Å². The first-order valence-corrected chi connectivity index (χ1v) is 13.4. The van der Waals surface area contributed by atoms with Crippen LogP contribution in [0.2, 0.25) is 0 Å². The molecule has 2 heterocycles. The fourth-order valence-corrected chi connectivity index (χ4v) is 5.73. The molecule has 0 aliphatic carbocycles. The van der Waals surface area contributed by atoms with Crippen molar-refractivity contribution >= 4 is 38.1 Å². The summed E-state index contributed by atoms with van der Waals surface area (Å²) in [5.41, 5.74) is 2.48. The lowest BCUT2D eigenvalue weighted by atomic mass is 9.99. The molecule has 0 saturated carbocycles. The van der Waals surface area contributed by atoms with E-state index in [-0.39, 0.29) is 22.4 Å². The van der Waals surface area contributed by atoms with Crippen LogP contribution in [0.3, 0.4) is 0 Å². The van der Waals surface area contributed by atoms with E-state index in [0.717, 1.165) is 42.6 Å². The maximum atomic E-state index is 12.4. The first-order chi connectivity index (χ1) is 15.9. The monoisotopic (exact) mass is 484 g/mol. The highest BCUT2D eigenvalue weighted by Gasteiger charge is 2.17. The summed E-state index contributed by atoms with van der Waals surface area (Å²) in [6, 6.07) is 16.0. The van der Waals surface area contributed by atoms with Crippen LogP contribution in [0.1, 0.15) is 31.0 Å². The largest absolute Gasteiger partial charge is 0.326 e. The number of hydrogen-bond donors (Lipinski definition) is 2. The molecule has 0 atom stereocenters. The number of sulfonamides is 1. The van der Waals surface area contributed by atoms with Crippen molar-refractivity contribution in [2.45, 2.75) is 37.6 Å². The normalized spacial score (nSPS) is 15.3. The quantitative estimate of drug-likeness (QED) is 0.496. The number of benzene rings is 2. The van der Waals surface area contributed by atoms with E-state index in [1.807, 2.05) is 24.3 Å². The van der Waals surface area contributed by atoms with Crippen molar-refractivity contribution in [1.29, 1.82) is 0 Å². The Morgan fingerprint density at radius 1 is 1.09 bits per heavy atom. The molecule has 1 amide bonds. The zero-order chi connectivity index (χ0) is 23.3. The van der Waals surface area contributed by atoms with Gasteiger partial charge in [0.2, 0.25) is 5.91 Å². The van der Waals surface area contributed by atoms with Crippen LogP contribution < -0.4 is 10.0 Å². The fraction of sp³-hybridized carbons (Fsp3) is 0.333. The minimum absolute atomic E-state index is 0.0667. The highest BCUT2D eigenvalue weighted by Crippen LogP contribution is 2.21. The van der Waals surface area contributed by atoms with E-state index >= 15 is 0 Å². The van der Waals surface area contributed by atoms with Gasteiger partial charge >= 0.3 is 0 Å². The van der Waals surface area contributed by atoms with Crippen molar-refractivity contribution in [1.82, 2.24) is 9.88 Å². The Morgan fingerprint density at radius 2 is 1.79 bits per heavy atom. The van der Waals surface area contributed by atoms with Gasteiger partial charge in [0, 0.05) is 17.6 Å². The molecule has 0 spiro atoms. The van der Waals surface area contributed by atoms with Gasteiger partial charge in [0.25, 0.3) is 10.0 Å². The molecule has 1 aliphatic rings. The standard InChI is InChI=1S/C24H28N4O3S2/c1-18-11-13-28(14-12-18)16-19-7-9-20(10-8-19)25-23(29)15-21-17-32-24(26-21)27-33(30,31)22-5-3-2-4-6-22/h2-10,17-18H,11-16H2,1H3,(H,25,29)(H,26,27). The number of hydrogen-bond acceptors (Lipinski definition) is 6. The summed E-state index contributed by atoms with van der Waals surface area (Å²) in [7, 11) is -3.70. The molecule has 7 nitrogen and oxygen atoms in total. The van der Waals surface area contributed by atoms with Gasteiger partial charge in [-0.05, 0) is 61.7 Å². The molecule has 0 bridgehead atoms. The van der Waals surface area contributed by atoms with Crippen LogP contribution in [-0.2, 0) is 27.8 Å². The van der Waals surface area contributed by atoms with Gasteiger partial charge in [-0.25, -0.2) is 13.4 Å². The van der Waals surface area contributed by atoms with Crippen LogP contribution in [0.4, 0.5) is 10.8 Å². The molecule has 1 fully saturated rings. The molecule has 4 rings (SSSR count). The Morgan fingerprint density at radius 3 is 2.48 bits per heavy atom. The molecular formula is C24H28N4O3S2. The number of nitrogens with one attached hydrogen (secondary N) is 2. The molecule has 2 aromatic carbocycles. The summed E-state index contributed by atoms with van der Waals surface area (Å²) in [6.07, 6.45) is 2.57. The lowest BCUT2D eigenvalue weighted by Crippen LogP contribution is -2.32. The van der Waals surface area contributed by atoms with Crippen molar-refractivity contribution in [3.63, 3.8) is 0 Å². The van der Waals surface area contributed by atoms with Gasteiger partial charge in [0.1, 0.15) is 0 Å². The number of carbonyl (C=O) groups excluding carboxylic acids is 1. The Kier molecular flexibility index (Phi) is 7.42. The molecule has 174 valence electrons. The second kappa shape index (κ2) is 10.5. The van der Waals surface area contributed by atoms with Gasteiger partial charge in [-0.3, -0.25) is 14.4 Å².